The molecule has 0 radical (unpaired) electrons. The Labute approximate surface area is 167 Å². The molecule has 1 heterocycles. The number of hydrogen-bond donors (Lipinski definition) is 1. The fourth-order valence-corrected chi connectivity index (χ4v) is 3.75. The minimum Gasteiger partial charge on any atom is -0.350 e. The van der Waals surface area contributed by atoms with Crippen molar-refractivity contribution in [3.05, 3.63) is 59.4 Å². The minimum atomic E-state index is -0.214. The van der Waals surface area contributed by atoms with Crippen molar-refractivity contribution in [3.8, 4) is 11.1 Å². The first kappa shape index (κ1) is 20.5. The number of nitrogens with zero attached hydrogens (tertiary/aromatic N) is 2. The third kappa shape index (κ3) is 4.78. The van der Waals surface area contributed by atoms with Crippen molar-refractivity contribution in [1.29, 1.82) is 0 Å². The van der Waals surface area contributed by atoms with Gasteiger partial charge < -0.3 is 10.2 Å². The molecule has 1 saturated heterocycles. The molecule has 2 aromatic rings. The van der Waals surface area contributed by atoms with Crippen LogP contribution >= 0.6 is 0 Å². The Bertz CT molecular complexity index is 798. The van der Waals surface area contributed by atoms with E-state index in [0.29, 0.717) is 23.7 Å². The summed E-state index contributed by atoms with van der Waals surface area (Å²) >= 11 is 0. The second kappa shape index (κ2) is 9.30. The molecule has 0 saturated carbocycles. The Balaban J connectivity index is 1.60. The van der Waals surface area contributed by atoms with Crippen LogP contribution in [-0.4, -0.2) is 61.5 Å². The van der Waals surface area contributed by atoms with E-state index in [4.69, 9.17) is 0 Å². The molecule has 5 heteroatoms. The lowest BCUT2D eigenvalue weighted by Crippen LogP contribution is -2.52. The van der Waals surface area contributed by atoms with Crippen LogP contribution in [0.1, 0.15) is 29.3 Å². The first-order valence-corrected chi connectivity index (χ1v) is 10.1. The summed E-state index contributed by atoms with van der Waals surface area (Å²) in [6.07, 6.45) is 1.02. The summed E-state index contributed by atoms with van der Waals surface area (Å²) in [5, 5.41) is 3.08. The molecular weight excluding hydrogens is 353 g/mol. The number of nitrogens with one attached hydrogen (secondary N) is 1. The van der Waals surface area contributed by atoms with Crippen molar-refractivity contribution in [1.82, 2.24) is 15.1 Å². The second-order valence-electron chi connectivity index (χ2n) is 7.60. The molecule has 1 N–H and O–H groups in total. The number of rotatable bonds is 6. The molecule has 0 aliphatic carbocycles. The lowest BCUT2D eigenvalue weighted by Gasteiger charge is -2.37. The van der Waals surface area contributed by atoms with E-state index in [2.05, 4.69) is 29.1 Å². The Kier molecular flexibility index (Phi) is 6.81. The normalized spacial score (nSPS) is 16.7. The van der Waals surface area contributed by atoms with Crippen molar-refractivity contribution in [2.24, 2.45) is 0 Å². The first-order valence-electron chi connectivity index (χ1n) is 10.1. The maximum Gasteiger partial charge on any atom is 0.251 e. The molecule has 0 unspecified atom stereocenters. The summed E-state index contributed by atoms with van der Waals surface area (Å²) in [5.74, 6) is -0.274. The highest BCUT2D eigenvalue weighted by Gasteiger charge is 2.21. The predicted molar refractivity (Wildman–Crippen MR) is 112 cm³/mol. The van der Waals surface area contributed by atoms with E-state index in [9.17, 15) is 9.18 Å². The van der Waals surface area contributed by atoms with Gasteiger partial charge in [0.15, 0.2) is 0 Å². The van der Waals surface area contributed by atoms with Gasteiger partial charge in [-0.3, -0.25) is 9.69 Å². The number of piperazine rings is 1. The lowest BCUT2D eigenvalue weighted by atomic mass is 9.99. The molecule has 4 nitrogen and oxygen atoms in total. The smallest absolute Gasteiger partial charge is 0.251 e. The van der Waals surface area contributed by atoms with Gasteiger partial charge in [0.25, 0.3) is 5.91 Å². The van der Waals surface area contributed by atoms with Crippen LogP contribution in [0.2, 0.25) is 0 Å². The molecule has 1 aliphatic rings. The first-order chi connectivity index (χ1) is 13.5. The van der Waals surface area contributed by atoms with E-state index < -0.39 is 0 Å². The fraction of sp³-hybridized carbons (Fsp3) is 0.435. The van der Waals surface area contributed by atoms with Gasteiger partial charge >= 0.3 is 0 Å². The van der Waals surface area contributed by atoms with Crippen LogP contribution in [0.4, 0.5) is 4.39 Å². The zero-order valence-corrected chi connectivity index (χ0v) is 17.0. The average Bonchev–Trinajstić information content (AvgIpc) is 2.72. The summed E-state index contributed by atoms with van der Waals surface area (Å²) in [7, 11) is 2.15. The molecule has 1 amide bonds. The van der Waals surface area contributed by atoms with Crippen molar-refractivity contribution in [3.63, 3.8) is 0 Å². The van der Waals surface area contributed by atoms with Crippen molar-refractivity contribution in [2.45, 2.75) is 26.3 Å². The SMILES string of the molecule is CC[C@H](CNC(=O)c1ccc(-c2cccc(F)c2C)cc1)N1CCN(C)CC1. The zero-order chi connectivity index (χ0) is 20.1. The second-order valence-corrected chi connectivity index (χ2v) is 7.60. The highest BCUT2D eigenvalue weighted by Crippen LogP contribution is 2.25. The molecule has 1 atom stereocenters. The summed E-state index contributed by atoms with van der Waals surface area (Å²) in [6.45, 7) is 8.85. The van der Waals surface area contributed by atoms with Crippen molar-refractivity contribution in [2.75, 3.05) is 39.8 Å². The predicted octanol–water partition coefficient (Wildman–Crippen LogP) is 3.56. The third-order valence-electron chi connectivity index (χ3n) is 5.75. The van der Waals surface area contributed by atoms with E-state index in [1.54, 1.807) is 13.0 Å². The van der Waals surface area contributed by atoms with Crippen molar-refractivity contribution >= 4 is 5.91 Å². The monoisotopic (exact) mass is 383 g/mol. The molecule has 150 valence electrons. The van der Waals surface area contributed by atoms with Gasteiger partial charge in [0, 0.05) is 44.3 Å². The number of halogens is 1. The Morgan fingerprint density at radius 1 is 1.11 bits per heavy atom. The van der Waals surface area contributed by atoms with E-state index >= 15 is 0 Å². The van der Waals surface area contributed by atoms with Gasteiger partial charge in [0.2, 0.25) is 0 Å². The van der Waals surface area contributed by atoms with Crippen LogP contribution in [-0.2, 0) is 0 Å². The number of benzene rings is 2. The van der Waals surface area contributed by atoms with Crippen LogP contribution in [0, 0.1) is 12.7 Å². The van der Waals surface area contributed by atoms with Gasteiger partial charge in [-0.25, -0.2) is 4.39 Å². The molecule has 0 aromatic heterocycles. The summed E-state index contributed by atoms with van der Waals surface area (Å²) in [4.78, 5) is 17.4. The van der Waals surface area contributed by atoms with Gasteiger partial charge in [0.05, 0.1) is 0 Å². The highest BCUT2D eigenvalue weighted by molar-refractivity contribution is 5.94. The van der Waals surface area contributed by atoms with Crippen LogP contribution in [0.15, 0.2) is 42.5 Å². The molecule has 28 heavy (non-hydrogen) atoms. The summed E-state index contributed by atoms with van der Waals surface area (Å²) in [6, 6.07) is 12.8. The minimum absolute atomic E-state index is 0.0601. The lowest BCUT2D eigenvalue weighted by molar-refractivity contribution is 0.0881. The van der Waals surface area contributed by atoms with E-state index in [1.807, 2.05) is 30.3 Å². The molecule has 2 aromatic carbocycles. The standard InChI is InChI=1S/C23H30FN3O/c1-4-20(27-14-12-26(3)13-15-27)16-25-23(28)19-10-8-18(9-11-19)21-6-5-7-22(24)17(21)2/h5-11,20H,4,12-16H2,1-3H3,(H,25,28)/t20-/m1/s1. The van der Waals surface area contributed by atoms with E-state index in [1.165, 1.54) is 6.07 Å². The van der Waals surface area contributed by atoms with Gasteiger partial charge in [-0.15, -0.1) is 0 Å². The number of carbonyl (C=O) groups excluding carboxylic acids is 1. The van der Waals surface area contributed by atoms with Crippen LogP contribution in [0.3, 0.4) is 0 Å². The van der Waals surface area contributed by atoms with Crippen LogP contribution < -0.4 is 5.32 Å². The van der Waals surface area contributed by atoms with Crippen LogP contribution in [0.25, 0.3) is 11.1 Å². The quantitative estimate of drug-likeness (QED) is 0.829. The fourth-order valence-electron chi connectivity index (χ4n) is 3.75. The number of hydrogen-bond acceptors (Lipinski definition) is 3. The topological polar surface area (TPSA) is 35.6 Å². The molecule has 1 aliphatic heterocycles. The Morgan fingerprint density at radius 2 is 1.79 bits per heavy atom. The molecule has 0 bridgehead atoms. The highest BCUT2D eigenvalue weighted by atomic mass is 19.1. The number of amides is 1. The zero-order valence-electron chi connectivity index (χ0n) is 17.0. The van der Waals surface area contributed by atoms with E-state index in [-0.39, 0.29) is 11.7 Å². The third-order valence-corrected chi connectivity index (χ3v) is 5.75. The maximum absolute atomic E-state index is 13.8. The van der Waals surface area contributed by atoms with Gasteiger partial charge in [-0.1, -0.05) is 31.2 Å². The Hall–Kier alpha value is -2.24. The number of likely N-dealkylation sites (N-methyl/N-ethyl adjacent to an activating group) is 1. The largest absolute Gasteiger partial charge is 0.350 e. The molecule has 0 spiro atoms. The van der Waals surface area contributed by atoms with Crippen molar-refractivity contribution < 1.29 is 9.18 Å². The average molecular weight is 384 g/mol. The molecular formula is C23H30FN3O. The maximum atomic E-state index is 13.8. The van der Waals surface area contributed by atoms with E-state index in [0.717, 1.165) is 43.7 Å². The van der Waals surface area contributed by atoms with Gasteiger partial charge in [-0.05, 0) is 55.3 Å². The summed E-state index contributed by atoms with van der Waals surface area (Å²) in [5.41, 5.74) is 3.02. The van der Waals surface area contributed by atoms with Crippen LogP contribution in [0.5, 0.6) is 0 Å². The summed E-state index contributed by atoms with van der Waals surface area (Å²) < 4.78 is 13.8. The Morgan fingerprint density at radius 3 is 2.43 bits per heavy atom. The van der Waals surface area contributed by atoms with Gasteiger partial charge in [-0.2, -0.15) is 0 Å². The number of carbonyl (C=O) groups is 1. The molecule has 1 fully saturated rings. The molecule has 3 rings (SSSR count). The van der Waals surface area contributed by atoms with Gasteiger partial charge in [0.1, 0.15) is 5.82 Å².